The predicted molar refractivity (Wildman–Crippen MR) is 115 cm³/mol. The van der Waals surface area contributed by atoms with E-state index in [1.165, 1.54) is 19.1 Å². The number of esters is 1. The molecule has 0 unspecified atom stereocenters. The summed E-state index contributed by atoms with van der Waals surface area (Å²) in [6.45, 7) is 4.96. The molecule has 6 nitrogen and oxygen atoms in total. The van der Waals surface area contributed by atoms with Crippen LogP contribution in [0.4, 0.5) is 8.78 Å². The van der Waals surface area contributed by atoms with Crippen molar-refractivity contribution in [1.29, 1.82) is 0 Å². The van der Waals surface area contributed by atoms with Gasteiger partial charge < -0.3 is 14.9 Å². The molecule has 3 saturated carbocycles. The minimum atomic E-state index is -2.44. The van der Waals surface area contributed by atoms with Crippen molar-refractivity contribution in [2.45, 2.75) is 69.5 Å². The van der Waals surface area contributed by atoms with Crippen LogP contribution in [0.1, 0.15) is 40.5 Å². The van der Waals surface area contributed by atoms with Gasteiger partial charge in [0.05, 0.1) is 11.5 Å². The van der Waals surface area contributed by atoms with Crippen molar-refractivity contribution in [3.63, 3.8) is 0 Å². The summed E-state index contributed by atoms with van der Waals surface area (Å²) in [5.41, 5.74) is -7.31. The molecule has 10 atom stereocenters. The predicted octanol–water partition coefficient (Wildman–Crippen LogP) is 2.63. The maximum atomic E-state index is 17.3. The van der Waals surface area contributed by atoms with E-state index >= 15 is 8.78 Å². The normalized spacial score (nSPS) is 50.7. The Morgan fingerprint density at radius 2 is 1.97 bits per heavy atom. The second kappa shape index (κ2) is 7.43. The van der Waals surface area contributed by atoms with Crippen molar-refractivity contribution >= 4 is 29.1 Å². The summed E-state index contributed by atoms with van der Waals surface area (Å²) in [4.78, 5) is 37.1. The summed E-state index contributed by atoms with van der Waals surface area (Å²) in [5.74, 6) is -4.63. The van der Waals surface area contributed by atoms with E-state index in [1.54, 1.807) is 13.8 Å². The van der Waals surface area contributed by atoms with Crippen LogP contribution >= 0.6 is 11.6 Å². The maximum Gasteiger partial charge on any atom is 0.303 e. The number of rotatable bonds is 3. The Balaban J connectivity index is 1.94. The van der Waals surface area contributed by atoms with E-state index in [1.807, 2.05) is 0 Å². The van der Waals surface area contributed by atoms with Gasteiger partial charge in [-0.3, -0.25) is 14.4 Å². The lowest BCUT2D eigenvalue weighted by Crippen LogP contribution is -2.73. The van der Waals surface area contributed by atoms with E-state index in [-0.39, 0.29) is 18.4 Å². The summed E-state index contributed by atoms with van der Waals surface area (Å²) in [5, 5.41) is 19.7. The van der Waals surface area contributed by atoms with Crippen LogP contribution in [0.5, 0.6) is 0 Å². The topological polar surface area (TPSA) is 101 Å². The standard InChI is InChI=1S/C24H29ClF2O6/c1-11-7-14-18-19(25)20(26)15-8-13(30)5-6-21(15,3)23(18,27)16(31)9-22(14,4)24(11,17(32)10-28)33-12(2)29/h5-6,8,11,14,16,18-20,28,31H,7,9-10H2,1-4H3/t11-,14-,16-,18+,19-,20-,21-,22-,23+,24+/m0/s1. The second-order valence-electron chi connectivity index (χ2n) is 10.5. The van der Waals surface area contributed by atoms with Crippen LogP contribution in [-0.4, -0.2) is 63.3 Å². The smallest absolute Gasteiger partial charge is 0.303 e. The number of ketones is 2. The van der Waals surface area contributed by atoms with Crippen molar-refractivity contribution in [2.75, 3.05) is 6.61 Å². The molecule has 0 aliphatic heterocycles. The molecule has 0 heterocycles. The Bertz CT molecular complexity index is 982. The molecule has 4 rings (SSSR count). The molecule has 0 bridgehead atoms. The molecule has 0 aromatic rings. The SMILES string of the molecule is CC(=O)O[C@@]1(C(=O)CO)[C@@H](C)C[C@H]2[C@@H]3[C@H](Cl)[C@@H](F)C4=CC(=O)C=C[C@]4(C)[C@@]3(F)[C@@H](O)C[C@@]21C. The Morgan fingerprint density at radius 1 is 1.33 bits per heavy atom. The molecule has 0 radical (unpaired) electrons. The Kier molecular flexibility index (Phi) is 5.51. The Labute approximate surface area is 196 Å². The first-order valence-electron chi connectivity index (χ1n) is 11.2. The van der Waals surface area contributed by atoms with Crippen LogP contribution in [0.2, 0.25) is 0 Å². The van der Waals surface area contributed by atoms with E-state index in [0.29, 0.717) is 0 Å². The largest absolute Gasteiger partial charge is 0.450 e. The van der Waals surface area contributed by atoms with Crippen LogP contribution in [0.3, 0.4) is 0 Å². The molecule has 0 saturated heterocycles. The molecule has 0 amide bonds. The van der Waals surface area contributed by atoms with E-state index < -0.39 is 81.6 Å². The molecule has 9 heteroatoms. The number of halogens is 3. The van der Waals surface area contributed by atoms with Gasteiger partial charge >= 0.3 is 5.97 Å². The van der Waals surface area contributed by atoms with Crippen LogP contribution in [0.15, 0.2) is 23.8 Å². The summed E-state index contributed by atoms with van der Waals surface area (Å²) in [7, 11) is 0. The van der Waals surface area contributed by atoms with Crippen LogP contribution < -0.4 is 0 Å². The molecule has 33 heavy (non-hydrogen) atoms. The number of Topliss-reactive ketones (excluding diaryl/α,β-unsaturated/α-hetero) is 1. The summed E-state index contributed by atoms with van der Waals surface area (Å²) in [6.07, 6.45) is -0.161. The zero-order valence-electron chi connectivity index (χ0n) is 19.0. The van der Waals surface area contributed by atoms with Gasteiger partial charge in [-0.05, 0) is 43.4 Å². The molecule has 2 N–H and O–H groups in total. The summed E-state index contributed by atoms with van der Waals surface area (Å²) in [6, 6.07) is 0. The third kappa shape index (κ3) is 2.74. The number of fused-ring (bicyclic) bond motifs is 5. The van der Waals surface area contributed by atoms with E-state index in [9.17, 15) is 24.6 Å². The second-order valence-corrected chi connectivity index (χ2v) is 11.0. The molecule has 4 aliphatic carbocycles. The van der Waals surface area contributed by atoms with Gasteiger partial charge in [-0.15, -0.1) is 11.6 Å². The third-order valence-corrected chi connectivity index (χ3v) is 9.54. The fourth-order valence-corrected chi connectivity index (χ4v) is 8.17. The van der Waals surface area contributed by atoms with Gasteiger partial charge in [0, 0.05) is 29.6 Å². The zero-order chi connectivity index (χ0) is 24.7. The highest BCUT2D eigenvalue weighted by Gasteiger charge is 2.79. The van der Waals surface area contributed by atoms with Crippen LogP contribution in [0.25, 0.3) is 0 Å². The van der Waals surface area contributed by atoms with Crippen molar-refractivity contribution in [3.05, 3.63) is 23.8 Å². The fourth-order valence-electron chi connectivity index (χ4n) is 7.68. The quantitative estimate of drug-likeness (QED) is 0.470. The summed E-state index contributed by atoms with van der Waals surface area (Å²) >= 11 is 6.57. The number of hydrogen-bond acceptors (Lipinski definition) is 6. The first-order valence-corrected chi connectivity index (χ1v) is 11.6. The number of allylic oxidation sites excluding steroid dienone is 4. The van der Waals surface area contributed by atoms with Crippen LogP contribution in [0, 0.1) is 28.6 Å². The molecule has 0 aromatic heterocycles. The van der Waals surface area contributed by atoms with Crippen molar-refractivity contribution in [3.8, 4) is 0 Å². The highest BCUT2D eigenvalue weighted by Crippen LogP contribution is 2.72. The fraction of sp³-hybridized carbons (Fsp3) is 0.708. The molecule has 3 fully saturated rings. The highest BCUT2D eigenvalue weighted by molar-refractivity contribution is 6.22. The number of aliphatic hydroxyl groups is 2. The zero-order valence-corrected chi connectivity index (χ0v) is 19.7. The number of carbonyl (C=O) groups excluding carboxylic acids is 3. The number of ether oxygens (including phenoxy) is 1. The molecular formula is C24H29ClF2O6. The van der Waals surface area contributed by atoms with Gasteiger partial charge in [-0.1, -0.05) is 19.9 Å². The lowest BCUT2D eigenvalue weighted by molar-refractivity contribution is -0.230. The van der Waals surface area contributed by atoms with Gasteiger partial charge in [0.25, 0.3) is 0 Å². The number of aliphatic hydroxyl groups excluding tert-OH is 2. The molecule has 0 aromatic carbocycles. The van der Waals surface area contributed by atoms with Gasteiger partial charge in [0.1, 0.15) is 12.8 Å². The molecular weight excluding hydrogens is 458 g/mol. The van der Waals surface area contributed by atoms with Crippen molar-refractivity contribution < 1.29 is 38.1 Å². The van der Waals surface area contributed by atoms with Crippen molar-refractivity contribution in [2.24, 2.45) is 28.6 Å². The minimum Gasteiger partial charge on any atom is -0.450 e. The average molecular weight is 487 g/mol. The molecule has 4 aliphatic rings. The number of hydrogen-bond donors (Lipinski definition) is 2. The lowest BCUT2D eigenvalue weighted by Gasteiger charge is -2.64. The van der Waals surface area contributed by atoms with Crippen LogP contribution in [-0.2, 0) is 19.1 Å². The number of alkyl halides is 3. The van der Waals surface area contributed by atoms with E-state index in [4.69, 9.17) is 16.3 Å². The van der Waals surface area contributed by atoms with Gasteiger partial charge in [0.2, 0.25) is 5.78 Å². The monoisotopic (exact) mass is 486 g/mol. The van der Waals surface area contributed by atoms with E-state index in [2.05, 4.69) is 0 Å². The Morgan fingerprint density at radius 3 is 2.55 bits per heavy atom. The van der Waals surface area contributed by atoms with Crippen molar-refractivity contribution in [1.82, 2.24) is 0 Å². The van der Waals surface area contributed by atoms with Gasteiger partial charge in [0.15, 0.2) is 17.1 Å². The summed E-state index contributed by atoms with van der Waals surface area (Å²) < 4.78 is 38.6. The highest BCUT2D eigenvalue weighted by atomic mass is 35.5. The number of carbonyl (C=O) groups is 3. The van der Waals surface area contributed by atoms with Gasteiger partial charge in [-0.2, -0.15) is 0 Å². The third-order valence-electron chi connectivity index (χ3n) is 9.05. The first kappa shape index (κ1) is 24.5. The Hall–Kier alpha value is -1.64. The first-order chi connectivity index (χ1) is 15.2. The maximum absolute atomic E-state index is 17.3. The lowest BCUT2D eigenvalue weighted by atomic mass is 9.44. The average Bonchev–Trinajstić information content (AvgIpc) is 2.95. The molecule has 182 valence electrons. The van der Waals surface area contributed by atoms with E-state index in [0.717, 1.165) is 13.0 Å². The minimum absolute atomic E-state index is 0.111. The molecule has 0 spiro atoms. The van der Waals surface area contributed by atoms with Gasteiger partial charge in [-0.25, -0.2) is 8.78 Å².